The molecule has 2 N–H and O–H groups in total. The van der Waals surface area contributed by atoms with Gasteiger partial charge in [-0.2, -0.15) is 5.10 Å². The van der Waals surface area contributed by atoms with E-state index in [0.717, 1.165) is 64.3 Å². The van der Waals surface area contributed by atoms with Gasteiger partial charge in [0.2, 0.25) is 11.8 Å². The van der Waals surface area contributed by atoms with Gasteiger partial charge in [0.1, 0.15) is 11.4 Å². The van der Waals surface area contributed by atoms with Crippen LogP contribution in [-0.2, 0) is 14.3 Å². The highest BCUT2D eigenvalue weighted by atomic mass is 35.5. The van der Waals surface area contributed by atoms with E-state index in [1.807, 2.05) is 38.7 Å². The summed E-state index contributed by atoms with van der Waals surface area (Å²) < 4.78 is 5.51. The summed E-state index contributed by atoms with van der Waals surface area (Å²) >= 11 is 12.2. The van der Waals surface area contributed by atoms with Gasteiger partial charge in [-0.3, -0.25) is 19.5 Å². The quantitative estimate of drug-likeness (QED) is 0.388. The fourth-order valence-electron chi connectivity index (χ4n) is 5.63. The monoisotopic (exact) mass is 651 g/mol. The van der Waals surface area contributed by atoms with Crippen LogP contribution in [0.4, 0.5) is 10.5 Å². The third kappa shape index (κ3) is 10.5. The van der Waals surface area contributed by atoms with Crippen LogP contribution >= 0.6 is 23.2 Å². The van der Waals surface area contributed by atoms with E-state index in [1.165, 1.54) is 0 Å². The molecule has 2 saturated heterocycles. The lowest BCUT2D eigenvalue weighted by atomic mass is 9.96. The molecule has 11 nitrogen and oxygen atoms in total. The Balaban J connectivity index is 1.06. The number of amidine groups is 1. The molecule has 1 atom stereocenters. The summed E-state index contributed by atoms with van der Waals surface area (Å²) in [5.74, 6) is 1.12. The minimum absolute atomic E-state index is 0.0144. The summed E-state index contributed by atoms with van der Waals surface area (Å²) in [7, 11) is 0. The lowest BCUT2D eigenvalue weighted by Gasteiger charge is -2.38. The summed E-state index contributed by atoms with van der Waals surface area (Å²) in [6.45, 7) is 15.2. The Bertz CT molecular complexity index is 1190. The number of likely N-dealkylation sites (tertiary alicyclic amines) is 1. The minimum atomic E-state index is -0.468. The Labute approximate surface area is 271 Å². The second-order valence-corrected chi connectivity index (χ2v) is 13.9. The van der Waals surface area contributed by atoms with Crippen molar-refractivity contribution in [3.8, 4) is 0 Å². The van der Waals surface area contributed by atoms with E-state index in [1.54, 1.807) is 17.1 Å². The Morgan fingerprint density at radius 1 is 0.977 bits per heavy atom. The molecular weight excluding hydrogens is 605 g/mol. The van der Waals surface area contributed by atoms with Crippen molar-refractivity contribution in [3.05, 3.63) is 28.2 Å². The highest BCUT2D eigenvalue weighted by Crippen LogP contribution is 2.29. The van der Waals surface area contributed by atoms with Crippen molar-refractivity contribution < 1.29 is 19.1 Å². The molecule has 0 aromatic heterocycles. The van der Waals surface area contributed by atoms with Gasteiger partial charge in [-0.15, -0.1) is 0 Å². The number of hydrazone groups is 1. The number of nitrogens with one attached hydrogen (secondary N) is 2. The van der Waals surface area contributed by atoms with Gasteiger partial charge in [0.25, 0.3) is 0 Å². The Kier molecular flexibility index (Phi) is 12.2. The van der Waals surface area contributed by atoms with Crippen molar-refractivity contribution in [2.75, 3.05) is 70.5 Å². The molecule has 0 saturated carbocycles. The average molecular weight is 653 g/mol. The molecule has 3 heterocycles. The van der Waals surface area contributed by atoms with Gasteiger partial charge in [0.05, 0.1) is 28.8 Å². The van der Waals surface area contributed by atoms with Crippen LogP contribution in [-0.4, -0.2) is 109 Å². The average Bonchev–Trinajstić information content (AvgIpc) is 3.32. The Hall–Kier alpha value is -2.60. The molecule has 244 valence electrons. The number of carbonyl (C=O) groups is 3. The number of rotatable bonds is 9. The number of anilines is 1. The predicted molar refractivity (Wildman–Crippen MR) is 174 cm³/mol. The lowest BCUT2D eigenvalue weighted by molar-refractivity contribution is -0.123. The molecule has 4 rings (SSSR count). The van der Waals surface area contributed by atoms with Gasteiger partial charge in [-0.05, 0) is 64.2 Å². The van der Waals surface area contributed by atoms with Crippen molar-refractivity contribution in [3.63, 3.8) is 0 Å². The highest BCUT2D eigenvalue weighted by Gasteiger charge is 2.29. The highest BCUT2D eigenvalue weighted by molar-refractivity contribution is 6.42. The van der Waals surface area contributed by atoms with Crippen molar-refractivity contribution in [1.82, 2.24) is 25.3 Å². The van der Waals surface area contributed by atoms with Crippen molar-refractivity contribution in [1.29, 1.82) is 0 Å². The van der Waals surface area contributed by atoms with Crippen molar-refractivity contribution in [2.45, 2.75) is 59.0 Å². The van der Waals surface area contributed by atoms with E-state index in [4.69, 9.17) is 27.9 Å². The summed E-state index contributed by atoms with van der Waals surface area (Å²) in [6.07, 6.45) is 2.62. The van der Waals surface area contributed by atoms with Crippen LogP contribution in [0.5, 0.6) is 0 Å². The summed E-state index contributed by atoms with van der Waals surface area (Å²) in [5.41, 5.74) is 0.349. The molecule has 3 aliphatic rings. The largest absolute Gasteiger partial charge is 0.444 e. The second-order valence-electron chi connectivity index (χ2n) is 13.1. The first kappa shape index (κ1) is 34.3. The van der Waals surface area contributed by atoms with Gasteiger partial charge in [-0.25, -0.2) is 4.79 Å². The molecule has 0 bridgehead atoms. The molecule has 1 aromatic carbocycles. The van der Waals surface area contributed by atoms with Crippen molar-refractivity contribution in [2.24, 2.45) is 16.9 Å². The maximum atomic E-state index is 12.5. The van der Waals surface area contributed by atoms with Gasteiger partial charge in [-0.1, -0.05) is 30.1 Å². The fourth-order valence-corrected chi connectivity index (χ4v) is 5.93. The fraction of sp³-hybridized carbons (Fsp3) is 0.677. The lowest BCUT2D eigenvalue weighted by Crippen LogP contribution is -2.51. The van der Waals surface area contributed by atoms with Crippen LogP contribution in [0.2, 0.25) is 10.0 Å². The van der Waals surface area contributed by atoms with Gasteiger partial charge >= 0.3 is 6.09 Å². The smallest absolute Gasteiger partial charge is 0.410 e. The Morgan fingerprint density at radius 3 is 2.32 bits per heavy atom. The summed E-state index contributed by atoms with van der Waals surface area (Å²) in [5, 5.41) is 13.2. The molecule has 13 heteroatoms. The maximum Gasteiger partial charge on any atom is 0.410 e. The minimum Gasteiger partial charge on any atom is -0.444 e. The second kappa shape index (κ2) is 15.6. The standard InChI is InChI=1S/C31H47Cl2N7O4/c1-22-19-40(24-7-8-25(32)26(33)18-24)36-29(22)35-27(41)6-5-11-34-28(42)21-38-16-14-37(15-17-38)20-23-9-12-39(13-10-23)30(43)44-31(2,3)4/h7-8,18,22-23H,5-6,9-17,19-21H2,1-4H3,(H,34,42)(H,35,36,41). The van der Waals surface area contributed by atoms with Gasteiger partial charge in [0.15, 0.2) is 0 Å². The normalized spacial score (nSPS) is 20.4. The summed E-state index contributed by atoms with van der Waals surface area (Å²) in [4.78, 5) is 43.8. The third-order valence-electron chi connectivity index (χ3n) is 8.13. The number of piperidine rings is 1. The molecule has 0 radical (unpaired) electrons. The number of halogens is 2. The molecule has 3 aliphatic heterocycles. The van der Waals surface area contributed by atoms with Crippen LogP contribution in [0.25, 0.3) is 0 Å². The van der Waals surface area contributed by atoms with E-state index in [9.17, 15) is 14.4 Å². The molecule has 0 spiro atoms. The predicted octanol–water partition coefficient (Wildman–Crippen LogP) is 4.04. The van der Waals surface area contributed by atoms with Crippen LogP contribution in [0.3, 0.4) is 0 Å². The molecule has 1 aromatic rings. The van der Waals surface area contributed by atoms with Gasteiger partial charge < -0.3 is 25.2 Å². The number of piperazine rings is 1. The zero-order valence-corrected chi connectivity index (χ0v) is 27.9. The number of amides is 3. The number of benzene rings is 1. The van der Waals surface area contributed by atoms with Crippen LogP contribution < -0.4 is 15.6 Å². The molecule has 3 amide bonds. The molecular formula is C31H47Cl2N7O4. The third-order valence-corrected chi connectivity index (χ3v) is 8.87. The number of hydrogen-bond donors (Lipinski definition) is 2. The van der Waals surface area contributed by atoms with E-state index in [-0.39, 0.29) is 23.8 Å². The maximum absolute atomic E-state index is 12.5. The first-order valence-corrected chi connectivity index (χ1v) is 16.4. The zero-order valence-electron chi connectivity index (χ0n) is 26.4. The molecule has 0 aliphatic carbocycles. The number of nitrogens with zero attached hydrogens (tertiary/aromatic N) is 5. The van der Waals surface area contributed by atoms with Crippen LogP contribution in [0.1, 0.15) is 53.4 Å². The Morgan fingerprint density at radius 2 is 1.66 bits per heavy atom. The first-order valence-electron chi connectivity index (χ1n) is 15.7. The zero-order chi connectivity index (χ0) is 31.9. The van der Waals surface area contributed by atoms with E-state index in [2.05, 4.69) is 25.5 Å². The first-order chi connectivity index (χ1) is 20.9. The number of hydrogen-bond acceptors (Lipinski definition) is 8. The summed E-state index contributed by atoms with van der Waals surface area (Å²) in [6, 6.07) is 5.33. The van der Waals surface area contributed by atoms with E-state index >= 15 is 0 Å². The molecule has 44 heavy (non-hydrogen) atoms. The van der Waals surface area contributed by atoms with E-state index in [0.29, 0.717) is 54.3 Å². The SMILES string of the molecule is CC1CN(c2ccc(Cl)c(Cl)c2)N=C1NC(=O)CCCNC(=O)CN1CCN(CC2CCN(C(=O)OC(C)(C)C)CC2)CC1. The van der Waals surface area contributed by atoms with Crippen LogP contribution in [0.15, 0.2) is 23.3 Å². The molecule has 1 unspecified atom stereocenters. The topological polar surface area (TPSA) is 110 Å². The molecule has 2 fully saturated rings. The van der Waals surface area contributed by atoms with Gasteiger partial charge in [0, 0.05) is 64.7 Å². The van der Waals surface area contributed by atoms with Crippen molar-refractivity contribution >= 4 is 52.6 Å². The number of carbonyl (C=O) groups excluding carboxylic acids is 3. The number of ether oxygens (including phenoxy) is 1. The van der Waals surface area contributed by atoms with E-state index < -0.39 is 5.60 Å². The van der Waals surface area contributed by atoms with Crippen LogP contribution in [0, 0.1) is 11.8 Å².